The van der Waals surface area contributed by atoms with Gasteiger partial charge in [0.1, 0.15) is 0 Å². The number of benzene rings is 1. The van der Waals surface area contributed by atoms with Crippen LogP contribution in [0.25, 0.3) is 0 Å². The van der Waals surface area contributed by atoms with Crippen LogP contribution in [0.1, 0.15) is 12.5 Å². The first-order valence-electron chi connectivity index (χ1n) is 5.60. The molecule has 1 amide bonds. The van der Waals surface area contributed by atoms with E-state index in [2.05, 4.69) is 10.1 Å². The van der Waals surface area contributed by atoms with Crippen LogP contribution in [0.5, 0.6) is 0 Å². The molecule has 0 aliphatic rings. The van der Waals surface area contributed by atoms with Gasteiger partial charge in [-0.1, -0.05) is 30.3 Å². The van der Waals surface area contributed by atoms with E-state index in [1.807, 2.05) is 30.3 Å². The standard InChI is InChI=1S/C13H17NO4/c1-10(15)14-12(13(16)17-2)9-18-8-11-6-4-3-5-7-11/h3-7,12H,8-9H2,1-2H3,(H,14,15). The van der Waals surface area contributed by atoms with E-state index in [1.165, 1.54) is 14.0 Å². The molecule has 0 aliphatic carbocycles. The van der Waals surface area contributed by atoms with Crippen LogP contribution in [-0.4, -0.2) is 31.6 Å². The van der Waals surface area contributed by atoms with Gasteiger partial charge >= 0.3 is 5.97 Å². The van der Waals surface area contributed by atoms with Crippen LogP contribution in [0.15, 0.2) is 30.3 Å². The highest BCUT2D eigenvalue weighted by Gasteiger charge is 2.20. The van der Waals surface area contributed by atoms with Crippen molar-refractivity contribution in [2.75, 3.05) is 13.7 Å². The van der Waals surface area contributed by atoms with Gasteiger partial charge in [0.15, 0.2) is 6.04 Å². The number of hydrogen-bond acceptors (Lipinski definition) is 4. The Hall–Kier alpha value is -1.88. The third kappa shape index (κ3) is 4.97. The van der Waals surface area contributed by atoms with Crippen LogP contribution in [-0.2, 0) is 25.7 Å². The van der Waals surface area contributed by atoms with Gasteiger partial charge in [0.05, 0.1) is 20.3 Å². The van der Waals surface area contributed by atoms with Crippen molar-refractivity contribution in [3.63, 3.8) is 0 Å². The normalized spacial score (nSPS) is 11.7. The SMILES string of the molecule is COC(=O)C(COCc1ccccc1)NC(C)=O. The maximum atomic E-state index is 11.4. The van der Waals surface area contributed by atoms with Gasteiger partial charge in [0.25, 0.3) is 0 Å². The average Bonchev–Trinajstić information content (AvgIpc) is 2.37. The predicted octanol–water partition coefficient (Wildman–Crippen LogP) is 0.881. The molecule has 0 fully saturated rings. The molecule has 0 aliphatic heterocycles. The minimum absolute atomic E-state index is 0.0845. The highest BCUT2D eigenvalue weighted by atomic mass is 16.5. The second kappa shape index (κ2) is 7.45. The van der Waals surface area contributed by atoms with E-state index in [4.69, 9.17) is 4.74 Å². The molecule has 1 N–H and O–H groups in total. The summed E-state index contributed by atoms with van der Waals surface area (Å²) in [6, 6.07) is 8.81. The van der Waals surface area contributed by atoms with Crippen molar-refractivity contribution in [2.24, 2.45) is 0 Å². The molecule has 0 bridgehead atoms. The van der Waals surface area contributed by atoms with Gasteiger partial charge in [0, 0.05) is 6.92 Å². The summed E-state index contributed by atoms with van der Waals surface area (Å²) >= 11 is 0. The molecular formula is C13H17NO4. The summed E-state index contributed by atoms with van der Waals surface area (Å²) in [4.78, 5) is 22.3. The van der Waals surface area contributed by atoms with E-state index >= 15 is 0 Å². The highest BCUT2D eigenvalue weighted by Crippen LogP contribution is 2.01. The summed E-state index contributed by atoms with van der Waals surface area (Å²) in [7, 11) is 1.27. The van der Waals surface area contributed by atoms with Crippen molar-refractivity contribution >= 4 is 11.9 Å². The van der Waals surface area contributed by atoms with E-state index in [1.54, 1.807) is 0 Å². The second-order valence-electron chi connectivity index (χ2n) is 3.78. The Labute approximate surface area is 106 Å². The van der Waals surface area contributed by atoms with Crippen molar-refractivity contribution in [1.82, 2.24) is 5.32 Å². The van der Waals surface area contributed by atoms with Crippen molar-refractivity contribution in [2.45, 2.75) is 19.6 Å². The number of esters is 1. The zero-order chi connectivity index (χ0) is 13.4. The van der Waals surface area contributed by atoms with E-state index in [-0.39, 0.29) is 12.5 Å². The van der Waals surface area contributed by atoms with Crippen LogP contribution in [0.2, 0.25) is 0 Å². The lowest BCUT2D eigenvalue weighted by Gasteiger charge is -2.15. The topological polar surface area (TPSA) is 64.6 Å². The lowest BCUT2D eigenvalue weighted by atomic mass is 10.2. The van der Waals surface area contributed by atoms with Gasteiger partial charge in [-0.2, -0.15) is 0 Å². The Morgan fingerprint density at radius 3 is 2.50 bits per heavy atom. The largest absolute Gasteiger partial charge is 0.467 e. The molecule has 0 radical (unpaired) electrons. The molecule has 5 heteroatoms. The van der Waals surface area contributed by atoms with Gasteiger partial charge in [-0.25, -0.2) is 4.79 Å². The van der Waals surface area contributed by atoms with Crippen LogP contribution in [0, 0.1) is 0 Å². The number of carbonyl (C=O) groups is 2. The van der Waals surface area contributed by atoms with Crippen LogP contribution in [0.3, 0.4) is 0 Å². The molecule has 0 saturated heterocycles. The molecule has 1 unspecified atom stereocenters. The summed E-state index contributed by atoms with van der Waals surface area (Å²) in [5, 5.41) is 2.48. The molecule has 1 rings (SSSR count). The number of amides is 1. The number of nitrogens with one attached hydrogen (secondary N) is 1. The van der Waals surface area contributed by atoms with Gasteiger partial charge in [-0.15, -0.1) is 0 Å². The Morgan fingerprint density at radius 2 is 1.94 bits per heavy atom. The molecule has 1 aromatic rings. The third-order valence-corrected chi connectivity index (χ3v) is 2.26. The van der Waals surface area contributed by atoms with Crippen molar-refractivity contribution in [3.8, 4) is 0 Å². The van der Waals surface area contributed by atoms with Gasteiger partial charge in [0.2, 0.25) is 5.91 Å². The van der Waals surface area contributed by atoms with Crippen molar-refractivity contribution < 1.29 is 19.1 Å². The molecule has 5 nitrogen and oxygen atoms in total. The minimum atomic E-state index is -0.767. The minimum Gasteiger partial charge on any atom is -0.467 e. The maximum absolute atomic E-state index is 11.4. The fourth-order valence-corrected chi connectivity index (χ4v) is 1.43. The Balaban J connectivity index is 2.42. The zero-order valence-corrected chi connectivity index (χ0v) is 10.5. The number of hydrogen-bond donors (Lipinski definition) is 1. The number of rotatable bonds is 6. The summed E-state index contributed by atoms with van der Waals surface area (Å²) in [6.45, 7) is 1.81. The number of carbonyl (C=O) groups excluding carboxylic acids is 2. The van der Waals surface area contributed by atoms with E-state index in [0.29, 0.717) is 6.61 Å². The molecule has 0 spiro atoms. The number of ether oxygens (including phenoxy) is 2. The molecular weight excluding hydrogens is 234 g/mol. The van der Waals surface area contributed by atoms with Crippen molar-refractivity contribution in [1.29, 1.82) is 0 Å². The summed E-state index contributed by atoms with van der Waals surface area (Å²) < 4.78 is 9.97. The Kier molecular flexibility index (Phi) is 5.87. The van der Waals surface area contributed by atoms with Gasteiger partial charge in [-0.3, -0.25) is 4.79 Å². The molecule has 98 valence electrons. The lowest BCUT2D eigenvalue weighted by molar-refractivity contribution is -0.146. The fraction of sp³-hybridized carbons (Fsp3) is 0.385. The fourth-order valence-electron chi connectivity index (χ4n) is 1.43. The van der Waals surface area contributed by atoms with Crippen molar-refractivity contribution in [3.05, 3.63) is 35.9 Å². The molecule has 0 heterocycles. The quantitative estimate of drug-likeness (QED) is 0.762. The van der Waals surface area contributed by atoms with E-state index < -0.39 is 12.0 Å². The van der Waals surface area contributed by atoms with Crippen LogP contribution < -0.4 is 5.32 Å². The van der Waals surface area contributed by atoms with E-state index in [0.717, 1.165) is 5.56 Å². The third-order valence-electron chi connectivity index (χ3n) is 2.26. The predicted molar refractivity (Wildman–Crippen MR) is 65.7 cm³/mol. The Bertz CT molecular complexity index is 391. The summed E-state index contributed by atoms with van der Waals surface area (Å²) in [5.41, 5.74) is 1.00. The molecule has 0 aromatic heterocycles. The molecule has 0 saturated carbocycles. The first-order valence-corrected chi connectivity index (χ1v) is 5.60. The van der Waals surface area contributed by atoms with E-state index in [9.17, 15) is 9.59 Å². The number of methoxy groups -OCH3 is 1. The highest BCUT2D eigenvalue weighted by molar-refractivity contribution is 5.83. The summed E-state index contributed by atoms with van der Waals surface area (Å²) in [6.07, 6.45) is 0. The Morgan fingerprint density at radius 1 is 1.28 bits per heavy atom. The van der Waals surface area contributed by atoms with Gasteiger partial charge in [-0.05, 0) is 5.56 Å². The van der Waals surface area contributed by atoms with Gasteiger partial charge < -0.3 is 14.8 Å². The van der Waals surface area contributed by atoms with Crippen LogP contribution in [0.4, 0.5) is 0 Å². The summed E-state index contributed by atoms with van der Waals surface area (Å²) in [5.74, 6) is -0.813. The maximum Gasteiger partial charge on any atom is 0.330 e. The molecule has 1 atom stereocenters. The van der Waals surface area contributed by atoms with Crippen LogP contribution >= 0.6 is 0 Å². The zero-order valence-electron chi connectivity index (χ0n) is 10.5. The second-order valence-corrected chi connectivity index (χ2v) is 3.78. The lowest BCUT2D eigenvalue weighted by Crippen LogP contribution is -2.43. The smallest absolute Gasteiger partial charge is 0.330 e. The average molecular weight is 251 g/mol. The monoisotopic (exact) mass is 251 g/mol. The first-order chi connectivity index (χ1) is 8.63. The molecule has 18 heavy (non-hydrogen) atoms. The first kappa shape index (κ1) is 14.2. The molecule has 1 aromatic carbocycles.